The van der Waals surface area contributed by atoms with Crippen LogP contribution in [0.4, 0.5) is 5.69 Å². The number of aromatic nitrogens is 1. The Morgan fingerprint density at radius 2 is 1.58 bits per heavy atom. The van der Waals surface area contributed by atoms with Gasteiger partial charge in [0.25, 0.3) is 5.91 Å². The van der Waals surface area contributed by atoms with Crippen molar-refractivity contribution in [1.29, 1.82) is 0 Å². The second kappa shape index (κ2) is 11.0. The number of benzene rings is 3. The quantitative estimate of drug-likeness (QED) is 0.263. The fourth-order valence-electron chi connectivity index (χ4n) is 3.59. The van der Waals surface area contributed by atoms with E-state index >= 15 is 0 Å². The van der Waals surface area contributed by atoms with E-state index < -0.39 is 17.7 Å². The van der Waals surface area contributed by atoms with Crippen molar-refractivity contribution in [1.82, 2.24) is 9.99 Å². The Morgan fingerprint density at radius 1 is 0.889 bits per heavy atom. The molecular formula is C26H22Br2N4O4. The lowest BCUT2D eigenvalue weighted by molar-refractivity contribution is -0.136. The molecule has 0 radical (unpaired) electrons. The van der Waals surface area contributed by atoms with E-state index in [0.29, 0.717) is 22.3 Å². The van der Waals surface area contributed by atoms with Crippen LogP contribution >= 0.6 is 31.9 Å². The number of carbonyl (C=O) groups is 3. The third kappa shape index (κ3) is 5.77. The summed E-state index contributed by atoms with van der Waals surface area (Å²) in [6.07, 6.45) is 0. The molecule has 0 aliphatic rings. The van der Waals surface area contributed by atoms with Crippen molar-refractivity contribution in [2.75, 3.05) is 17.9 Å². The van der Waals surface area contributed by atoms with E-state index in [1.807, 2.05) is 25.1 Å². The molecular weight excluding hydrogens is 592 g/mol. The maximum absolute atomic E-state index is 13.2. The van der Waals surface area contributed by atoms with Crippen LogP contribution in [0.25, 0.3) is 10.9 Å². The zero-order valence-corrected chi connectivity index (χ0v) is 22.6. The van der Waals surface area contributed by atoms with E-state index in [9.17, 15) is 14.4 Å². The molecule has 1 aromatic heterocycles. The summed E-state index contributed by atoms with van der Waals surface area (Å²) in [5.74, 6) is -1.48. The topological polar surface area (TPSA) is 101 Å². The lowest BCUT2D eigenvalue weighted by Gasteiger charge is -2.14. The fourth-order valence-corrected chi connectivity index (χ4v) is 4.44. The van der Waals surface area contributed by atoms with Crippen LogP contribution in [-0.2, 0) is 16.1 Å². The number of halogens is 2. The summed E-state index contributed by atoms with van der Waals surface area (Å²) in [6, 6.07) is 19.6. The highest BCUT2D eigenvalue weighted by Gasteiger charge is 2.21. The number of amides is 3. The smallest absolute Gasteiger partial charge is 0.328 e. The van der Waals surface area contributed by atoms with Crippen LogP contribution in [-0.4, -0.2) is 29.5 Å². The number of ether oxygens (including phenoxy) is 1. The lowest BCUT2D eigenvalue weighted by atomic mass is 10.2. The molecule has 1 heterocycles. The first-order valence-corrected chi connectivity index (χ1v) is 12.4. The van der Waals surface area contributed by atoms with Crippen LogP contribution in [0.3, 0.4) is 0 Å². The molecule has 0 saturated heterocycles. The molecule has 0 atom stereocenters. The van der Waals surface area contributed by atoms with Gasteiger partial charge < -0.3 is 15.4 Å². The Kier molecular flexibility index (Phi) is 7.76. The SMILES string of the molecule is COc1ccc(CNC(=O)C(=O)Nn2c(C(=O)Nc3ccc(Br)cc3C)cc3cc(Br)ccc32)cc1. The van der Waals surface area contributed by atoms with Gasteiger partial charge >= 0.3 is 11.8 Å². The number of aryl methyl sites for hydroxylation is 1. The first-order valence-electron chi connectivity index (χ1n) is 10.9. The van der Waals surface area contributed by atoms with Crippen LogP contribution in [0.2, 0.25) is 0 Å². The minimum atomic E-state index is -0.905. The summed E-state index contributed by atoms with van der Waals surface area (Å²) in [5, 5.41) is 6.17. The molecule has 0 aliphatic carbocycles. The predicted molar refractivity (Wildman–Crippen MR) is 146 cm³/mol. The predicted octanol–water partition coefficient (Wildman–Crippen LogP) is 5.12. The number of hydrogen-bond donors (Lipinski definition) is 3. The van der Waals surface area contributed by atoms with Gasteiger partial charge in [0.1, 0.15) is 11.4 Å². The van der Waals surface area contributed by atoms with Crippen molar-refractivity contribution in [2.45, 2.75) is 13.5 Å². The zero-order valence-electron chi connectivity index (χ0n) is 19.4. The molecule has 184 valence electrons. The second-order valence-corrected chi connectivity index (χ2v) is 9.78. The molecule has 8 nitrogen and oxygen atoms in total. The molecule has 4 aromatic rings. The van der Waals surface area contributed by atoms with Crippen molar-refractivity contribution >= 4 is 66.2 Å². The summed E-state index contributed by atoms with van der Waals surface area (Å²) >= 11 is 6.84. The normalized spacial score (nSPS) is 10.7. The molecule has 36 heavy (non-hydrogen) atoms. The molecule has 0 aliphatic heterocycles. The number of fused-ring (bicyclic) bond motifs is 1. The highest BCUT2D eigenvalue weighted by molar-refractivity contribution is 9.10. The van der Waals surface area contributed by atoms with Crippen molar-refractivity contribution in [2.24, 2.45) is 0 Å². The summed E-state index contributed by atoms with van der Waals surface area (Å²) in [4.78, 5) is 38.5. The third-order valence-corrected chi connectivity index (χ3v) is 6.45. The van der Waals surface area contributed by atoms with Crippen molar-refractivity contribution in [3.05, 3.63) is 92.5 Å². The maximum Gasteiger partial charge on any atom is 0.328 e. The molecule has 3 N–H and O–H groups in total. The first kappa shape index (κ1) is 25.5. The van der Waals surface area contributed by atoms with Crippen LogP contribution < -0.4 is 20.8 Å². The van der Waals surface area contributed by atoms with E-state index in [1.54, 1.807) is 55.6 Å². The van der Waals surface area contributed by atoms with Crippen LogP contribution in [0, 0.1) is 6.92 Å². The summed E-state index contributed by atoms with van der Waals surface area (Å²) < 4.78 is 8.15. The van der Waals surface area contributed by atoms with E-state index in [2.05, 4.69) is 47.9 Å². The number of nitrogens with zero attached hydrogens (tertiary/aromatic N) is 1. The number of anilines is 1. The molecule has 3 aromatic carbocycles. The minimum Gasteiger partial charge on any atom is -0.497 e. The summed E-state index contributed by atoms with van der Waals surface area (Å²) in [6.45, 7) is 2.04. The highest BCUT2D eigenvalue weighted by atomic mass is 79.9. The van der Waals surface area contributed by atoms with Gasteiger partial charge in [0.2, 0.25) is 0 Å². The Labute approximate surface area is 224 Å². The van der Waals surface area contributed by atoms with Gasteiger partial charge in [-0.3, -0.25) is 19.8 Å². The van der Waals surface area contributed by atoms with Crippen LogP contribution in [0.15, 0.2) is 75.7 Å². The number of carbonyl (C=O) groups excluding carboxylic acids is 3. The lowest BCUT2D eigenvalue weighted by Crippen LogP contribution is -2.39. The Hall–Kier alpha value is -3.63. The Bertz CT molecular complexity index is 1470. The zero-order chi connectivity index (χ0) is 25.8. The van der Waals surface area contributed by atoms with E-state index in [4.69, 9.17) is 4.74 Å². The van der Waals surface area contributed by atoms with Crippen LogP contribution in [0.5, 0.6) is 5.75 Å². The second-order valence-electron chi connectivity index (χ2n) is 7.95. The fraction of sp³-hybridized carbons (Fsp3) is 0.115. The minimum absolute atomic E-state index is 0.159. The Balaban J connectivity index is 1.55. The van der Waals surface area contributed by atoms with E-state index in [-0.39, 0.29) is 12.2 Å². The molecule has 4 rings (SSSR count). The Morgan fingerprint density at radius 3 is 2.28 bits per heavy atom. The van der Waals surface area contributed by atoms with Crippen molar-refractivity contribution in [3.63, 3.8) is 0 Å². The number of rotatable bonds is 6. The largest absolute Gasteiger partial charge is 0.497 e. The maximum atomic E-state index is 13.2. The van der Waals surface area contributed by atoms with Crippen molar-refractivity contribution < 1.29 is 19.1 Å². The number of methoxy groups -OCH3 is 1. The van der Waals surface area contributed by atoms with Crippen LogP contribution in [0.1, 0.15) is 21.6 Å². The van der Waals surface area contributed by atoms with Gasteiger partial charge in [-0.1, -0.05) is 44.0 Å². The monoisotopic (exact) mass is 612 g/mol. The molecule has 0 bridgehead atoms. The van der Waals surface area contributed by atoms with Gasteiger partial charge in [-0.2, -0.15) is 0 Å². The van der Waals surface area contributed by atoms with E-state index in [1.165, 1.54) is 4.68 Å². The average Bonchev–Trinajstić information content (AvgIpc) is 3.21. The van der Waals surface area contributed by atoms with Gasteiger partial charge in [-0.25, -0.2) is 4.68 Å². The molecule has 0 spiro atoms. The summed E-state index contributed by atoms with van der Waals surface area (Å²) in [7, 11) is 1.57. The molecule has 10 heteroatoms. The van der Waals surface area contributed by atoms with Crippen molar-refractivity contribution in [3.8, 4) is 5.75 Å². The van der Waals surface area contributed by atoms with Gasteiger partial charge in [-0.05, 0) is 72.6 Å². The van der Waals surface area contributed by atoms with Gasteiger partial charge in [0.15, 0.2) is 0 Å². The van der Waals surface area contributed by atoms with Gasteiger partial charge in [-0.15, -0.1) is 0 Å². The van der Waals surface area contributed by atoms with E-state index in [0.717, 1.165) is 20.1 Å². The molecule has 3 amide bonds. The highest BCUT2D eigenvalue weighted by Crippen LogP contribution is 2.25. The summed E-state index contributed by atoms with van der Waals surface area (Å²) in [5.41, 5.74) is 5.59. The molecule has 0 fully saturated rings. The number of hydrogen-bond acceptors (Lipinski definition) is 4. The standard InChI is InChI=1S/C26H22Br2N4O4/c1-15-11-18(27)5-9-21(15)30-24(33)23-13-17-12-19(28)6-10-22(17)32(23)31-26(35)25(34)29-14-16-3-7-20(36-2)8-4-16/h3-13H,14H2,1-2H3,(H,29,34)(H,30,33)(H,31,35). The molecule has 0 unspecified atom stereocenters. The number of nitrogens with one attached hydrogen (secondary N) is 3. The molecule has 0 saturated carbocycles. The van der Waals surface area contributed by atoms with Gasteiger partial charge in [0.05, 0.1) is 12.6 Å². The van der Waals surface area contributed by atoms with Gasteiger partial charge in [0, 0.05) is 26.6 Å². The first-order chi connectivity index (χ1) is 17.2. The third-order valence-electron chi connectivity index (χ3n) is 5.46. The average molecular weight is 614 g/mol.